The molecule has 0 aliphatic carbocycles. The second-order valence-corrected chi connectivity index (χ2v) is 6.56. The third kappa shape index (κ3) is 5.38. The van der Waals surface area contributed by atoms with E-state index in [-0.39, 0.29) is 5.41 Å². The number of aryl methyl sites for hydroxylation is 1. The molecule has 0 spiro atoms. The molecule has 0 saturated carbocycles. The van der Waals surface area contributed by atoms with Crippen LogP contribution in [0.3, 0.4) is 0 Å². The minimum absolute atomic E-state index is 0.0355. The zero-order chi connectivity index (χ0) is 14.5. The van der Waals surface area contributed by atoms with E-state index < -0.39 is 0 Å². The fraction of sp³-hybridized carbons (Fsp3) is 0.529. The molecule has 0 aliphatic rings. The molecule has 106 valence electrons. The van der Waals surface area contributed by atoms with Gasteiger partial charge >= 0.3 is 0 Å². The van der Waals surface area contributed by atoms with Crippen LogP contribution in [-0.2, 0) is 6.42 Å². The van der Waals surface area contributed by atoms with Crippen molar-refractivity contribution in [2.75, 3.05) is 13.1 Å². The predicted octanol–water partition coefficient (Wildman–Crippen LogP) is 4.63. The van der Waals surface area contributed by atoms with Crippen molar-refractivity contribution in [3.05, 3.63) is 47.0 Å². The fourth-order valence-electron chi connectivity index (χ4n) is 2.08. The van der Waals surface area contributed by atoms with Gasteiger partial charge in [0.1, 0.15) is 0 Å². The first-order chi connectivity index (χ1) is 8.86. The molecule has 0 radical (unpaired) electrons. The highest BCUT2D eigenvalue weighted by molar-refractivity contribution is 6.31. The van der Waals surface area contributed by atoms with Gasteiger partial charge in [0.25, 0.3) is 0 Å². The molecule has 19 heavy (non-hydrogen) atoms. The summed E-state index contributed by atoms with van der Waals surface area (Å²) in [5.41, 5.74) is 2.43. The zero-order valence-corrected chi connectivity index (χ0v) is 13.3. The van der Waals surface area contributed by atoms with E-state index >= 15 is 0 Å². The maximum absolute atomic E-state index is 6.32. The summed E-state index contributed by atoms with van der Waals surface area (Å²) < 4.78 is 0. The first-order valence-electron chi connectivity index (χ1n) is 6.95. The van der Waals surface area contributed by atoms with Gasteiger partial charge in [0, 0.05) is 17.0 Å². The summed E-state index contributed by atoms with van der Waals surface area (Å²) in [5, 5.41) is 4.37. The van der Waals surface area contributed by atoms with Gasteiger partial charge in [-0.25, -0.2) is 0 Å². The van der Waals surface area contributed by atoms with E-state index in [1.807, 2.05) is 12.1 Å². The maximum atomic E-state index is 6.32. The Balaban J connectivity index is 2.71. The SMILES string of the molecule is C=CC(C)(CNCC(C)C)Cc1ccc(C)cc1Cl. The molecular weight excluding hydrogens is 254 g/mol. The molecule has 0 fully saturated rings. The lowest BCUT2D eigenvalue weighted by Crippen LogP contribution is -2.34. The minimum Gasteiger partial charge on any atom is -0.316 e. The highest BCUT2D eigenvalue weighted by Gasteiger charge is 2.21. The van der Waals surface area contributed by atoms with Crippen molar-refractivity contribution in [2.45, 2.75) is 34.1 Å². The molecule has 0 aliphatic heterocycles. The molecule has 1 atom stereocenters. The van der Waals surface area contributed by atoms with E-state index in [0.29, 0.717) is 5.92 Å². The first kappa shape index (κ1) is 16.3. The largest absolute Gasteiger partial charge is 0.316 e. The van der Waals surface area contributed by atoms with Gasteiger partial charge in [0.15, 0.2) is 0 Å². The van der Waals surface area contributed by atoms with Gasteiger partial charge in [-0.15, -0.1) is 6.58 Å². The number of hydrogen-bond donors (Lipinski definition) is 1. The number of benzene rings is 1. The van der Waals surface area contributed by atoms with E-state index in [1.54, 1.807) is 0 Å². The van der Waals surface area contributed by atoms with Gasteiger partial charge in [-0.05, 0) is 43.0 Å². The van der Waals surface area contributed by atoms with E-state index in [4.69, 9.17) is 11.6 Å². The standard InChI is InChI=1S/C17H26ClN/c1-6-17(5,12-19-11-13(2)3)10-15-8-7-14(4)9-16(15)18/h6-9,13,19H,1,10-12H2,2-5H3. The van der Waals surface area contributed by atoms with Crippen molar-refractivity contribution in [1.29, 1.82) is 0 Å². The first-order valence-corrected chi connectivity index (χ1v) is 7.33. The lowest BCUT2D eigenvalue weighted by Gasteiger charge is -2.27. The summed E-state index contributed by atoms with van der Waals surface area (Å²) in [7, 11) is 0. The highest BCUT2D eigenvalue weighted by atomic mass is 35.5. The third-order valence-corrected chi connectivity index (χ3v) is 3.73. The van der Waals surface area contributed by atoms with Gasteiger partial charge in [-0.1, -0.05) is 50.6 Å². The summed E-state index contributed by atoms with van der Waals surface area (Å²) in [6.45, 7) is 14.7. The van der Waals surface area contributed by atoms with E-state index in [0.717, 1.165) is 24.5 Å². The second kappa shape index (κ2) is 7.12. The Morgan fingerprint density at radius 3 is 2.63 bits per heavy atom. The third-order valence-electron chi connectivity index (χ3n) is 3.38. The zero-order valence-electron chi connectivity index (χ0n) is 12.6. The van der Waals surface area contributed by atoms with Crippen LogP contribution in [0.2, 0.25) is 5.02 Å². The average Bonchev–Trinajstić information content (AvgIpc) is 2.32. The topological polar surface area (TPSA) is 12.0 Å². The van der Waals surface area contributed by atoms with Crippen LogP contribution in [0.15, 0.2) is 30.9 Å². The normalized spacial score (nSPS) is 14.4. The van der Waals surface area contributed by atoms with Gasteiger partial charge < -0.3 is 5.32 Å². The Kier molecular flexibility index (Phi) is 6.09. The quantitative estimate of drug-likeness (QED) is 0.718. The van der Waals surface area contributed by atoms with E-state index in [2.05, 4.69) is 51.7 Å². The van der Waals surface area contributed by atoms with Crippen molar-refractivity contribution < 1.29 is 0 Å². The predicted molar refractivity (Wildman–Crippen MR) is 85.9 cm³/mol. The molecule has 2 heteroatoms. The lowest BCUT2D eigenvalue weighted by atomic mass is 9.83. The lowest BCUT2D eigenvalue weighted by molar-refractivity contribution is 0.378. The van der Waals surface area contributed by atoms with Crippen LogP contribution in [-0.4, -0.2) is 13.1 Å². The van der Waals surface area contributed by atoms with Crippen molar-refractivity contribution in [2.24, 2.45) is 11.3 Å². The Morgan fingerprint density at radius 1 is 1.42 bits per heavy atom. The second-order valence-electron chi connectivity index (χ2n) is 6.15. The van der Waals surface area contributed by atoms with Crippen molar-refractivity contribution in [3.63, 3.8) is 0 Å². The molecule has 1 aromatic rings. The fourth-order valence-corrected chi connectivity index (χ4v) is 2.39. The number of nitrogens with one attached hydrogen (secondary N) is 1. The van der Waals surface area contributed by atoms with Crippen LogP contribution in [0.25, 0.3) is 0 Å². The Hall–Kier alpha value is -0.790. The minimum atomic E-state index is 0.0355. The Bertz CT molecular complexity index is 425. The number of hydrogen-bond acceptors (Lipinski definition) is 1. The summed E-state index contributed by atoms with van der Waals surface area (Å²) in [6.07, 6.45) is 2.96. The van der Waals surface area contributed by atoms with Crippen molar-refractivity contribution in [3.8, 4) is 0 Å². The van der Waals surface area contributed by atoms with Crippen LogP contribution in [0.5, 0.6) is 0 Å². The van der Waals surface area contributed by atoms with E-state index in [1.165, 1.54) is 11.1 Å². The van der Waals surface area contributed by atoms with Crippen LogP contribution < -0.4 is 5.32 Å². The van der Waals surface area contributed by atoms with Crippen molar-refractivity contribution in [1.82, 2.24) is 5.32 Å². The van der Waals surface area contributed by atoms with Gasteiger partial charge in [-0.2, -0.15) is 0 Å². The molecule has 1 nitrogen and oxygen atoms in total. The maximum Gasteiger partial charge on any atom is 0.0440 e. The summed E-state index contributed by atoms with van der Waals surface area (Å²) in [4.78, 5) is 0. The Labute approximate surface area is 123 Å². The molecule has 0 heterocycles. The number of halogens is 1. The monoisotopic (exact) mass is 279 g/mol. The summed E-state index contributed by atoms with van der Waals surface area (Å²) in [6, 6.07) is 6.27. The molecule has 0 amide bonds. The smallest absolute Gasteiger partial charge is 0.0440 e. The van der Waals surface area contributed by atoms with E-state index in [9.17, 15) is 0 Å². The van der Waals surface area contributed by atoms with Crippen LogP contribution in [0.1, 0.15) is 31.9 Å². The molecule has 1 unspecified atom stereocenters. The molecule has 1 rings (SSSR count). The average molecular weight is 280 g/mol. The molecule has 0 bridgehead atoms. The van der Waals surface area contributed by atoms with Crippen LogP contribution in [0, 0.1) is 18.3 Å². The van der Waals surface area contributed by atoms with Crippen LogP contribution >= 0.6 is 11.6 Å². The summed E-state index contributed by atoms with van der Waals surface area (Å²) in [5.74, 6) is 0.664. The van der Waals surface area contributed by atoms with Gasteiger partial charge in [0.2, 0.25) is 0 Å². The molecular formula is C17H26ClN. The van der Waals surface area contributed by atoms with Gasteiger partial charge in [-0.3, -0.25) is 0 Å². The summed E-state index contributed by atoms with van der Waals surface area (Å²) >= 11 is 6.32. The van der Waals surface area contributed by atoms with Crippen molar-refractivity contribution >= 4 is 11.6 Å². The van der Waals surface area contributed by atoms with Crippen LogP contribution in [0.4, 0.5) is 0 Å². The number of rotatable bonds is 7. The molecule has 1 N–H and O–H groups in total. The highest BCUT2D eigenvalue weighted by Crippen LogP contribution is 2.28. The molecule has 1 aromatic carbocycles. The Morgan fingerprint density at radius 2 is 2.11 bits per heavy atom. The molecule has 0 saturated heterocycles. The molecule has 0 aromatic heterocycles. The van der Waals surface area contributed by atoms with Gasteiger partial charge in [0.05, 0.1) is 0 Å².